The van der Waals surface area contributed by atoms with E-state index in [1.165, 1.54) is 0 Å². The molecule has 1 fully saturated rings. The van der Waals surface area contributed by atoms with Crippen LogP contribution in [-0.2, 0) is 16.1 Å². The third kappa shape index (κ3) is 8.08. The van der Waals surface area contributed by atoms with Crippen molar-refractivity contribution in [3.05, 3.63) is 76.4 Å². The summed E-state index contributed by atoms with van der Waals surface area (Å²) in [6, 6.07) is 16.6. The summed E-state index contributed by atoms with van der Waals surface area (Å²) in [4.78, 5) is 38.4. The van der Waals surface area contributed by atoms with Crippen LogP contribution in [-0.4, -0.2) is 77.8 Å². The van der Waals surface area contributed by atoms with Gasteiger partial charge >= 0.3 is 6.09 Å². The van der Waals surface area contributed by atoms with Gasteiger partial charge < -0.3 is 28.7 Å². The van der Waals surface area contributed by atoms with Crippen molar-refractivity contribution in [1.82, 2.24) is 19.8 Å². The maximum atomic E-state index is 13.5. The molecule has 2 aromatic heterocycles. The molecule has 0 unspecified atom stereocenters. The first-order valence-corrected chi connectivity index (χ1v) is 17.1. The van der Waals surface area contributed by atoms with E-state index in [9.17, 15) is 9.59 Å². The van der Waals surface area contributed by atoms with Gasteiger partial charge in [0.2, 0.25) is 11.8 Å². The summed E-state index contributed by atoms with van der Waals surface area (Å²) in [5.41, 5.74) is 4.02. The van der Waals surface area contributed by atoms with Crippen molar-refractivity contribution < 1.29 is 28.5 Å². The number of hydrogen-bond donors (Lipinski definition) is 0. The van der Waals surface area contributed by atoms with E-state index in [1.807, 2.05) is 69.3 Å². The molecule has 1 aliphatic heterocycles. The first-order chi connectivity index (χ1) is 23.8. The minimum absolute atomic E-state index is 0.0287. The molecule has 0 bridgehead atoms. The fraction of sp³-hybridized carbons (Fsp3) is 0.368. The van der Waals surface area contributed by atoms with Crippen molar-refractivity contribution in [2.24, 2.45) is 0 Å². The molecule has 10 nitrogen and oxygen atoms in total. The quantitative estimate of drug-likeness (QED) is 0.169. The molecule has 0 aliphatic carbocycles. The minimum atomic E-state index is -0.677. The standard InChI is InChI=1S/C38H42Cl2N4O6/c1-23(45)43-19-16-26(17-20-43)44(37(46)50-38(2,3)4)22-25-11-13-30(42-36(25)49-7)29-10-8-9-27(33(29)39)28-15-18-41-35(34(28)40)24-12-14-31(47-5)32(21-24)48-6/h8-15,18,21,26H,16-17,19-20,22H2,1-7H3. The van der Waals surface area contributed by atoms with Gasteiger partial charge in [-0.15, -0.1) is 0 Å². The maximum absolute atomic E-state index is 13.5. The number of amides is 2. The summed E-state index contributed by atoms with van der Waals surface area (Å²) in [5, 5.41) is 0.879. The zero-order chi connectivity index (χ0) is 36.2. The summed E-state index contributed by atoms with van der Waals surface area (Å²) in [5.74, 6) is 1.54. The lowest BCUT2D eigenvalue weighted by Crippen LogP contribution is -2.49. The number of ether oxygens (including phenoxy) is 4. The summed E-state index contributed by atoms with van der Waals surface area (Å²) >= 11 is 14.1. The van der Waals surface area contributed by atoms with Crippen LogP contribution in [0.1, 0.15) is 46.1 Å². The molecular formula is C38H42Cl2N4O6. The molecule has 1 saturated heterocycles. The SMILES string of the molecule is COc1ccc(-c2nccc(-c3cccc(-c4ccc(CN(C(=O)OC(C)(C)C)C5CCN(C(C)=O)CC5)c(OC)n4)c3Cl)c2Cl)cc1OC. The van der Waals surface area contributed by atoms with Gasteiger partial charge in [-0.05, 0) is 70.0 Å². The molecule has 5 rings (SSSR count). The number of rotatable bonds is 9. The Kier molecular flexibility index (Phi) is 11.4. The average molecular weight is 722 g/mol. The van der Waals surface area contributed by atoms with E-state index in [0.29, 0.717) is 87.0 Å². The van der Waals surface area contributed by atoms with Crippen LogP contribution in [0, 0.1) is 0 Å². The summed E-state index contributed by atoms with van der Waals surface area (Å²) in [6.07, 6.45) is 2.54. The zero-order valence-corrected chi connectivity index (χ0v) is 30.9. The van der Waals surface area contributed by atoms with Gasteiger partial charge in [0, 0.05) is 60.1 Å². The average Bonchev–Trinajstić information content (AvgIpc) is 3.10. The van der Waals surface area contributed by atoms with Gasteiger partial charge in [-0.2, -0.15) is 0 Å². The number of nitrogens with zero attached hydrogens (tertiary/aromatic N) is 4. The lowest BCUT2D eigenvalue weighted by atomic mass is 9.99. The highest BCUT2D eigenvalue weighted by atomic mass is 35.5. The van der Waals surface area contributed by atoms with E-state index in [1.54, 1.807) is 50.3 Å². The van der Waals surface area contributed by atoms with Crippen molar-refractivity contribution in [3.63, 3.8) is 0 Å². The molecule has 1 aliphatic rings. The van der Waals surface area contributed by atoms with Gasteiger partial charge in [-0.3, -0.25) is 9.78 Å². The number of piperidine rings is 1. The molecule has 0 radical (unpaired) electrons. The minimum Gasteiger partial charge on any atom is -0.493 e. The van der Waals surface area contributed by atoms with E-state index >= 15 is 0 Å². The van der Waals surface area contributed by atoms with E-state index in [2.05, 4.69) is 4.98 Å². The van der Waals surface area contributed by atoms with Crippen molar-refractivity contribution in [2.75, 3.05) is 34.4 Å². The lowest BCUT2D eigenvalue weighted by molar-refractivity contribution is -0.130. The van der Waals surface area contributed by atoms with Crippen molar-refractivity contribution >= 4 is 35.2 Å². The summed E-state index contributed by atoms with van der Waals surface area (Å²) in [7, 11) is 4.70. The topological polar surface area (TPSA) is 103 Å². The number of aromatic nitrogens is 2. The molecule has 264 valence electrons. The predicted molar refractivity (Wildman–Crippen MR) is 195 cm³/mol. The fourth-order valence-corrected chi connectivity index (χ4v) is 6.68. The maximum Gasteiger partial charge on any atom is 0.410 e. The molecule has 3 heterocycles. The second-order valence-corrected chi connectivity index (χ2v) is 13.7. The van der Waals surface area contributed by atoms with E-state index in [4.69, 9.17) is 47.1 Å². The van der Waals surface area contributed by atoms with E-state index < -0.39 is 11.7 Å². The molecule has 2 aromatic carbocycles. The third-order valence-corrected chi connectivity index (χ3v) is 9.35. The first-order valence-electron chi connectivity index (χ1n) is 16.3. The Morgan fingerprint density at radius 3 is 2.20 bits per heavy atom. The van der Waals surface area contributed by atoms with Gasteiger partial charge in [0.15, 0.2) is 11.5 Å². The van der Waals surface area contributed by atoms with Crippen molar-refractivity contribution in [2.45, 2.75) is 58.7 Å². The summed E-state index contributed by atoms with van der Waals surface area (Å²) in [6.45, 7) is 8.44. The normalized spacial score (nSPS) is 13.5. The van der Waals surface area contributed by atoms with Crippen LogP contribution in [0.5, 0.6) is 17.4 Å². The zero-order valence-electron chi connectivity index (χ0n) is 29.4. The Labute approximate surface area is 303 Å². The van der Waals surface area contributed by atoms with Crippen molar-refractivity contribution in [1.29, 1.82) is 0 Å². The second kappa shape index (κ2) is 15.6. The highest BCUT2D eigenvalue weighted by molar-refractivity contribution is 6.39. The molecular weight excluding hydrogens is 679 g/mol. The summed E-state index contributed by atoms with van der Waals surface area (Å²) < 4.78 is 22.4. The Hall–Kier alpha value is -4.54. The Morgan fingerprint density at radius 1 is 0.880 bits per heavy atom. The molecule has 50 heavy (non-hydrogen) atoms. The number of carbonyl (C=O) groups excluding carboxylic acids is 2. The number of carbonyl (C=O) groups is 2. The number of hydrogen-bond acceptors (Lipinski definition) is 8. The smallest absolute Gasteiger partial charge is 0.410 e. The molecule has 12 heteroatoms. The lowest BCUT2D eigenvalue weighted by Gasteiger charge is -2.39. The number of halogens is 2. The van der Waals surface area contributed by atoms with Crippen LogP contribution in [0.2, 0.25) is 10.0 Å². The molecule has 0 saturated carbocycles. The van der Waals surface area contributed by atoms with Crippen LogP contribution in [0.3, 0.4) is 0 Å². The van der Waals surface area contributed by atoms with Crippen LogP contribution in [0.15, 0.2) is 60.8 Å². The predicted octanol–water partition coefficient (Wildman–Crippen LogP) is 8.56. The van der Waals surface area contributed by atoms with Crippen molar-refractivity contribution in [3.8, 4) is 51.0 Å². The molecule has 2 amide bonds. The van der Waals surface area contributed by atoms with Crippen LogP contribution in [0.25, 0.3) is 33.6 Å². The van der Waals surface area contributed by atoms with E-state index in [0.717, 1.165) is 5.56 Å². The number of likely N-dealkylation sites (tertiary alicyclic amines) is 1. The van der Waals surface area contributed by atoms with Gasteiger partial charge in [-0.1, -0.05) is 41.4 Å². The molecule has 0 N–H and O–H groups in total. The van der Waals surface area contributed by atoms with Gasteiger partial charge in [-0.25, -0.2) is 9.78 Å². The fourth-order valence-electron chi connectivity index (χ4n) is 6.03. The van der Waals surface area contributed by atoms with Gasteiger partial charge in [0.05, 0.1) is 49.3 Å². The third-order valence-electron chi connectivity index (χ3n) is 8.56. The Morgan fingerprint density at radius 2 is 1.56 bits per heavy atom. The van der Waals surface area contributed by atoms with Crippen LogP contribution in [0.4, 0.5) is 4.79 Å². The number of benzene rings is 2. The highest BCUT2D eigenvalue weighted by Gasteiger charge is 2.33. The van der Waals surface area contributed by atoms with Crippen LogP contribution < -0.4 is 14.2 Å². The highest BCUT2D eigenvalue weighted by Crippen LogP contribution is 2.43. The first kappa shape index (κ1) is 36.7. The molecule has 4 aromatic rings. The number of methoxy groups -OCH3 is 3. The molecule has 0 spiro atoms. The monoisotopic (exact) mass is 720 g/mol. The van der Waals surface area contributed by atoms with Gasteiger partial charge in [0.1, 0.15) is 5.60 Å². The largest absolute Gasteiger partial charge is 0.493 e. The second-order valence-electron chi connectivity index (χ2n) is 13.0. The Balaban J connectivity index is 1.47. The van der Waals surface area contributed by atoms with E-state index in [-0.39, 0.29) is 18.5 Å². The van der Waals surface area contributed by atoms with Gasteiger partial charge in [0.25, 0.3) is 0 Å². The molecule has 0 atom stereocenters. The Bertz CT molecular complexity index is 1870. The van der Waals surface area contributed by atoms with Crippen LogP contribution >= 0.6 is 23.2 Å². The number of pyridine rings is 2.